The first-order chi connectivity index (χ1) is 5.34. The summed E-state index contributed by atoms with van der Waals surface area (Å²) in [6, 6.07) is 0.0579. The Morgan fingerprint density at radius 1 is 1.45 bits per heavy atom. The third-order valence-corrected chi connectivity index (χ3v) is 2.12. The lowest BCUT2D eigenvalue weighted by molar-refractivity contribution is -0.117. The number of Topliss-reactive ketones (excluding diaryl/α,β-unsaturated/α-hetero) is 1. The predicted octanol–water partition coefficient (Wildman–Crippen LogP) is 1.19. The monoisotopic (exact) mass is 153 g/mol. The fourth-order valence-corrected chi connectivity index (χ4v) is 1.43. The first kappa shape index (κ1) is 8.72. The average molecular weight is 153 g/mol. The summed E-state index contributed by atoms with van der Waals surface area (Å²) in [5, 5.41) is 3.22. The summed E-state index contributed by atoms with van der Waals surface area (Å²) in [4.78, 5) is 11.1. The predicted molar refractivity (Wildman–Crippen MR) is 44.2 cm³/mol. The maximum atomic E-state index is 11.1. The van der Waals surface area contributed by atoms with Crippen LogP contribution in [0.1, 0.15) is 32.6 Å². The van der Waals surface area contributed by atoms with Crippen molar-refractivity contribution in [2.45, 2.75) is 38.6 Å². The van der Waals surface area contributed by atoms with E-state index in [9.17, 15) is 4.79 Å². The highest BCUT2D eigenvalue weighted by Crippen LogP contribution is 2.09. The summed E-state index contributed by atoms with van der Waals surface area (Å²) in [7, 11) is 0. The number of rotatable bonds is 2. The van der Waals surface area contributed by atoms with E-state index in [1.54, 1.807) is 6.92 Å². The Morgan fingerprint density at radius 2 is 2.27 bits per heavy atom. The summed E-state index contributed by atoms with van der Waals surface area (Å²) < 4.78 is 0. The molecule has 1 unspecified atom stereocenters. The van der Waals surface area contributed by atoms with Gasteiger partial charge in [0, 0.05) is 0 Å². The van der Waals surface area contributed by atoms with Crippen molar-refractivity contribution in [3.63, 3.8) is 0 Å². The quantitative estimate of drug-likeness (QED) is 0.645. The summed E-state index contributed by atoms with van der Waals surface area (Å²) in [6.45, 7) is 2.67. The Balaban J connectivity index is 2.36. The van der Waals surface area contributed by atoms with Gasteiger partial charge in [0.1, 0.15) is 0 Å². The molecule has 0 aromatic rings. The second kappa shape index (κ2) is 4.50. The lowest BCUT2D eigenvalue weighted by Gasteiger charge is -2.11. The Morgan fingerprint density at radius 3 is 3.00 bits per heavy atom. The van der Waals surface area contributed by atoms with Crippen LogP contribution < -0.4 is 5.32 Å². The van der Waals surface area contributed by atoms with Crippen molar-refractivity contribution < 1.29 is 4.79 Å². The molecule has 0 saturated carbocycles. The van der Waals surface area contributed by atoms with E-state index in [1.807, 2.05) is 0 Å². The van der Waals surface area contributed by atoms with E-state index >= 15 is 0 Å². The van der Waals surface area contributed by atoms with Crippen LogP contribution in [-0.4, -0.2) is 18.4 Å². The molecule has 1 fully saturated rings. The van der Waals surface area contributed by atoms with E-state index in [-0.39, 0.29) is 11.8 Å². The molecule has 0 bridgehead atoms. The highest BCUT2D eigenvalue weighted by Gasteiger charge is 2.17. The molecule has 0 aromatic carbocycles. The fourth-order valence-electron chi connectivity index (χ4n) is 1.43. The molecule has 0 amide bonds. The van der Waals surface area contributed by atoms with Crippen LogP contribution in [0, 0.1) is 6.42 Å². The third-order valence-electron chi connectivity index (χ3n) is 2.12. The molecule has 62 valence electrons. The summed E-state index contributed by atoms with van der Waals surface area (Å²) in [5.41, 5.74) is 0. The van der Waals surface area contributed by atoms with Crippen LogP contribution >= 0.6 is 0 Å². The zero-order chi connectivity index (χ0) is 8.10. The Labute approximate surface area is 68.4 Å². The highest BCUT2D eigenvalue weighted by atomic mass is 16.1. The Kier molecular flexibility index (Phi) is 3.57. The van der Waals surface area contributed by atoms with Gasteiger partial charge in [0.2, 0.25) is 0 Å². The van der Waals surface area contributed by atoms with Crippen LogP contribution in [0.2, 0.25) is 0 Å². The van der Waals surface area contributed by atoms with Gasteiger partial charge in [0.25, 0.3) is 0 Å². The Hall–Kier alpha value is -0.370. The topological polar surface area (TPSA) is 29.1 Å². The van der Waals surface area contributed by atoms with E-state index < -0.39 is 0 Å². The number of ketones is 1. The second-order valence-corrected chi connectivity index (χ2v) is 2.97. The standard InChI is InChI=1S/C9H15NO/c1-2-9(11)8-6-4-3-5-7-10-8/h8,10H,3-7H2,1H3. The fraction of sp³-hybridized carbons (Fsp3) is 0.778. The average Bonchev–Trinajstić information content (AvgIpc) is 2.30. The van der Waals surface area contributed by atoms with E-state index in [0.717, 1.165) is 13.0 Å². The molecule has 1 saturated heterocycles. The number of carbonyl (C=O) groups excluding carboxylic acids is 1. The molecule has 0 aliphatic carbocycles. The van der Waals surface area contributed by atoms with Gasteiger partial charge in [-0.3, -0.25) is 4.79 Å². The number of nitrogens with one attached hydrogen (secondary N) is 1. The first-order valence-corrected chi connectivity index (χ1v) is 4.29. The minimum absolute atomic E-state index is 0.0579. The zero-order valence-electron chi connectivity index (χ0n) is 7.02. The first-order valence-electron chi connectivity index (χ1n) is 4.29. The molecular weight excluding hydrogens is 138 g/mol. The molecule has 1 atom stereocenters. The lowest BCUT2D eigenvalue weighted by Crippen LogP contribution is -2.35. The van der Waals surface area contributed by atoms with Crippen molar-refractivity contribution in [3.8, 4) is 0 Å². The molecule has 0 spiro atoms. The SMILES string of the molecule is C[C]C(=O)C1CCCCCN1. The van der Waals surface area contributed by atoms with Crippen LogP contribution in [0.5, 0.6) is 0 Å². The minimum atomic E-state index is 0.0579. The van der Waals surface area contributed by atoms with Crippen LogP contribution in [0.3, 0.4) is 0 Å². The van der Waals surface area contributed by atoms with Gasteiger partial charge in [-0.25, -0.2) is 0 Å². The Bertz CT molecular complexity index is 126. The summed E-state index contributed by atoms with van der Waals surface area (Å²) in [6.07, 6.45) is 7.27. The van der Waals surface area contributed by atoms with Crippen molar-refractivity contribution in [1.82, 2.24) is 5.32 Å². The minimum Gasteiger partial charge on any atom is -0.307 e. The number of hydrogen-bond acceptors (Lipinski definition) is 2. The van der Waals surface area contributed by atoms with Crippen LogP contribution in [0.25, 0.3) is 0 Å². The molecule has 1 rings (SSSR count). The molecular formula is C9H15NO. The molecule has 1 aliphatic heterocycles. The van der Waals surface area contributed by atoms with Gasteiger partial charge in [-0.2, -0.15) is 0 Å². The lowest BCUT2D eigenvalue weighted by atomic mass is 10.1. The zero-order valence-corrected chi connectivity index (χ0v) is 7.02. The molecule has 1 N–H and O–H groups in total. The van der Waals surface area contributed by atoms with Gasteiger partial charge in [0.15, 0.2) is 5.78 Å². The largest absolute Gasteiger partial charge is 0.307 e. The highest BCUT2D eigenvalue weighted by molar-refractivity contribution is 5.91. The molecule has 2 nitrogen and oxygen atoms in total. The molecule has 2 radical (unpaired) electrons. The van der Waals surface area contributed by atoms with E-state index in [0.29, 0.717) is 0 Å². The van der Waals surface area contributed by atoms with Crippen LogP contribution in [0.15, 0.2) is 0 Å². The van der Waals surface area contributed by atoms with Gasteiger partial charge in [-0.05, 0) is 19.4 Å². The van der Waals surface area contributed by atoms with Crippen molar-refractivity contribution >= 4 is 5.78 Å². The van der Waals surface area contributed by atoms with E-state index in [1.165, 1.54) is 19.3 Å². The number of carbonyl (C=O) groups is 1. The van der Waals surface area contributed by atoms with E-state index in [2.05, 4.69) is 11.7 Å². The van der Waals surface area contributed by atoms with Gasteiger partial charge in [0.05, 0.1) is 12.5 Å². The maximum absolute atomic E-state index is 11.1. The van der Waals surface area contributed by atoms with Gasteiger partial charge < -0.3 is 5.32 Å². The van der Waals surface area contributed by atoms with Crippen molar-refractivity contribution in [2.75, 3.05) is 6.54 Å². The van der Waals surface area contributed by atoms with Crippen molar-refractivity contribution in [1.29, 1.82) is 0 Å². The molecule has 0 aromatic heterocycles. The molecule has 1 aliphatic rings. The molecule has 2 heteroatoms. The summed E-state index contributed by atoms with van der Waals surface area (Å²) in [5.74, 6) is 0.131. The third kappa shape index (κ3) is 2.62. The van der Waals surface area contributed by atoms with Crippen LogP contribution in [0.4, 0.5) is 0 Å². The normalized spacial score (nSPS) is 26.1. The van der Waals surface area contributed by atoms with Crippen molar-refractivity contribution in [2.24, 2.45) is 0 Å². The van der Waals surface area contributed by atoms with Gasteiger partial charge >= 0.3 is 0 Å². The van der Waals surface area contributed by atoms with E-state index in [4.69, 9.17) is 0 Å². The van der Waals surface area contributed by atoms with Gasteiger partial charge in [-0.1, -0.05) is 19.8 Å². The smallest absolute Gasteiger partial charge is 0.157 e. The van der Waals surface area contributed by atoms with Crippen molar-refractivity contribution in [3.05, 3.63) is 6.42 Å². The second-order valence-electron chi connectivity index (χ2n) is 2.97. The van der Waals surface area contributed by atoms with Gasteiger partial charge in [-0.15, -0.1) is 0 Å². The van der Waals surface area contributed by atoms with Crippen LogP contribution in [-0.2, 0) is 4.79 Å². The summed E-state index contributed by atoms with van der Waals surface area (Å²) >= 11 is 0. The molecule has 1 heterocycles. The molecule has 11 heavy (non-hydrogen) atoms. The number of hydrogen-bond donors (Lipinski definition) is 1. The maximum Gasteiger partial charge on any atom is 0.157 e.